The van der Waals surface area contributed by atoms with Gasteiger partial charge in [-0.2, -0.15) is 0 Å². The van der Waals surface area contributed by atoms with Gasteiger partial charge in [0.25, 0.3) is 0 Å². The molecular formula is C39H48ClN3O11. The van der Waals surface area contributed by atoms with Crippen molar-refractivity contribution in [3.63, 3.8) is 0 Å². The molecule has 2 aliphatic heterocycles. The van der Waals surface area contributed by atoms with Gasteiger partial charge in [-0.15, -0.1) is 11.6 Å². The Morgan fingerprint density at radius 2 is 1.20 bits per heavy atom. The minimum atomic E-state index is -1.37. The second-order valence-electron chi connectivity index (χ2n) is 13.1. The van der Waals surface area contributed by atoms with Gasteiger partial charge in [0.05, 0.1) is 33.0 Å². The molecule has 3 aromatic rings. The monoisotopic (exact) mass is 769 g/mol. The average Bonchev–Trinajstić information content (AvgIpc) is 3.17. The van der Waals surface area contributed by atoms with Crippen LogP contribution in [0, 0.1) is 0 Å². The highest BCUT2D eigenvalue weighted by atomic mass is 35.5. The normalized spacial score (nSPS) is 28.2. The van der Waals surface area contributed by atoms with Crippen LogP contribution in [0.4, 0.5) is 0 Å². The molecule has 0 radical (unpaired) electrons. The number of nitrogens with one attached hydrogen (secondary N) is 3. The molecule has 2 fully saturated rings. The fourth-order valence-corrected chi connectivity index (χ4v) is 6.55. The lowest BCUT2D eigenvalue weighted by Gasteiger charge is -2.50. The summed E-state index contributed by atoms with van der Waals surface area (Å²) < 4.78 is 38.3. The van der Waals surface area contributed by atoms with Crippen LogP contribution in [0.5, 0.6) is 0 Å². The molecule has 5 N–H and O–H groups in total. The Hall–Kier alpha value is -3.96. The number of benzene rings is 3. The van der Waals surface area contributed by atoms with E-state index < -0.39 is 85.6 Å². The Balaban J connectivity index is 1.52. The Bertz CT molecular complexity index is 1610. The van der Waals surface area contributed by atoms with E-state index in [4.69, 9.17) is 40.0 Å². The fraction of sp³-hybridized carbons (Fsp3) is 0.462. The lowest BCUT2D eigenvalue weighted by atomic mass is 9.93. The third-order valence-electron chi connectivity index (χ3n) is 8.97. The van der Waals surface area contributed by atoms with Crippen molar-refractivity contribution in [2.75, 3.05) is 19.1 Å². The topological polar surface area (TPSA) is 183 Å². The molecule has 10 atom stereocenters. The van der Waals surface area contributed by atoms with Crippen LogP contribution >= 0.6 is 11.6 Å². The SMILES string of the molecule is CC(=O)N[C@@H]1[C@@H](OCc2ccccc2)[C@H](O[C@@H]2O[C@H](CO)[C@@H](O)[C@H](OCc3ccccc3)[C@H]2NC(C)=O)[C@@H](COCc2ccccc2)O[C@H]1NC(=O)CCl. The van der Waals surface area contributed by atoms with E-state index in [-0.39, 0.29) is 32.3 Å². The summed E-state index contributed by atoms with van der Waals surface area (Å²) in [5.41, 5.74) is 2.51. The molecule has 15 heteroatoms. The Morgan fingerprint density at radius 3 is 1.72 bits per heavy atom. The van der Waals surface area contributed by atoms with E-state index >= 15 is 0 Å². The molecule has 14 nitrogen and oxygen atoms in total. The van der Waals surface area contributed by atoms with Gasteiger partial charge in [0.15, 0.2) is 12.5 Å². The van der Waals surface area contributed by atoms with Crippen molar-refractivity contribution in [3.05, 3.63) is 108 Å². The first-order chi connectivity index (χ1) is 26.2. The number of aliphatic hydroxyl groups excluding tert-OH is 2. The molecule has 0 unspecified atom stereocenters. The van der Waals surface area contributed by atoms with Gasteiger partial charge in [-0.1, -0.05) is 91.0 Å². The number of alkyl halides is 1. The number of halogens is 1. The largest absolute Gasteiger partial charge is 0.394 e. The number of amides is 3. The van der Waals surface area contributed by atoms with Crippen LogP contribution in [-0.2, 0) is 62.6 Å². The molecule has 3 amide bonds. The van der Waals surface area contributed by atoms with Crippen molar-refractivity contribution < 1.29 is 53.0 Å². The maximum absolute atomic E-state index is 12.7. The van der Waals surface area contributed by atoms with E-state index in [9.17, 15) is 24.6 Å². The Kier molecular flexibility index (Phi) is 15.8. The van der Waals surface area contributed by atoms with E-state index in [0.717, 1.165) is 16.7 Å². The molecule has 54 heavy (non-hydrogen) atoms. The van der Waals surface area contributed by atoms with E-state index in [1.54, 1.807) is 0 Å². The van der Waals surface area contributed by atoms with Crippen molar-refractivity contribution in [2.24, 2.45) is 0 Å². The number of carbonyl (C=O) groups excluding carboxylic acids is 3. The zero-order chi connectivity index (χ0) is 38.5. The molecule has 3 aromatic carbocycles. The van der Waals surface area contributed by atoms with Crippen LogP contribution in [0.15, 0.2) is 91.0 Å². The first-order valence-corrected chi connectivity index (χ1v) is 18.3. The summed E-state index contributed by atoms with van der Waals surface area (Å²) >= 11 is 5.88. The van der Waals surface area contributed by atoms with E-state index in [1.807, 2.05) is 91.0 Å². The van der Waals surface area contributed by atoms with Gasteiger partial charge in [0, 0.05) is 13.8 Å². The molecule has 2 saturated heterocycles. The summed E-state index contributed by atoms with van der Waals surface area (Å²) in [6.45, 7) is 2.29. The van der Waals surface area contributed by atoms with Gasteiger partial charge < -0.3 is 54.6 Å². The molecule has 2 heterocycles. The van der Waals surface area contributed by atoms with Crippen LogP contribution < -0.4 is 16.0 Å². The predicted molar refractivity (Wildman–Crippen MR) is 195 cm³/mol. The van der Waals surface area contributed by atoms with Crippen molar-refractivity contribution in [1.82, 2.24) is 16.0 Å². The third-order valence-corrected chi connectivity index (χ3v) is 9.21. The number of carbonyl (C=O) groups is 3. The van der Waals surface area contributed by atoms with E-state index in [2.05, 4.69) is 16.0 Å². The maximum Gasteiger partial charge on any atom is 0.236 e. The smallest absolute Gasteiger partial charge is 0.236 e. The van der Waals surface area contributed by atoms with Crippen LogP contribution in [-0.4, -0.2) is 108 Å². The molecule has 5 rings (SSSR count). The zero-order valence-electron chi connectivity index (χ0n) is 30.1. The van der Waals surface area contributed by atoms with Crippen LogP contribution in [0.3, 0.4) is 0 Å². The molecule has 0 spiro atoms. The van der Waals surface area contributed by atoms with Crippen molar-refractivity contribution >= 4 is 29.3 Å². The minimum absolute atomic E-state index is 0.0661. The molecule has 0 aliphatic carbocycles. The third kappa shape index (κ3) is 11.5. The second kappa shape index (κ2) is 20.6. The summed E-state index contributed by atoms with van der Waals surface area (Å²) in [6, 6.07) is 25.9. The van der Waals surface area contributed by atoms with Crippen molar-refractivity contribution in [3.8, 4) is 0 Å². The summed E-state index contributed by atoms with van der Waals surface area (Å²) in [7, 11) is 0. The molecule has 292 valence electrons. The van der Waals surface area contributed by atoms with Crippen LogP contribution in [0.1, 0.15) is 30.5 Å². The maximum atomic E-state index is 12.7. The predicted octanol–water partition coefficient (Wildman–Crippen LogP) is 1.93. The van der Waals surface area contributed by atoms with Crippen LogP contribution in [0.2, 0.25) is 0 Å². The average molecular weight is 770 g/mol. The Morgan fingerprint density at radius 1 is 0.685 bits per heavy atom. The first kappa shape index (κ1) is 41.2. The summed E-state index contributed by atoms with van der Waals surface area (Å²) in [6.07, 6.45) is -9.28. The fourth-order valence-electron chi connectivity index (χ4n) is 6.48. The van der Waals surface area contributed by atoms with Gasteiger partial charge in [-0.3, -0.25) is 14.4 Å². The highest BCUT2D eigenvalue weighted by Gasteiger charge is 2.53. The number of hydrogen-bond donors (Lipinski definition) is 5. The minimum Gasteiger partial charge on any atom is -0.394 e. The summed E-state index contributed by atoms with van der Waals surface area (Å²) in [5, 5.41) is 30.1. The molecule has 0 bridgehead atoms. The number of ether oxygens (including phenoxy) is 6. The van der Waals surface area contributed by atoms with Crippen molar-refractivity contribution in [2.45, 2.75) is 94.9 Å². The molecule has 2 aliphatic rings. The van der Waals surface area contributed by atoms with Gasteiger partial charge in [-0.25, -0.2) is 0 Å². The molecular weight excluding hydrogens is 722 g/mol. The standard InChI is InChI=1S/C39H48ClN3O11/c1-24(45)41-32-37(51-22-28-16-10-5-11-17-28)35(30(52-38(32)43-31(47)18-40)23-49-20-26-12-6-3-7-13-26)54-39-33(42-25(2)46)36(34(48)29(19-44)53-39)50-21-27-14-8-4-9-15-27/h3-17,29-30,32-39,44,48H,18-23H2,1-2H3,(H,41,45)(H,42,46)(H,43,47)/t29-,30-,32-,33-,34-,35-,36-,37-,38-,39+/m1/s1. The highest BCUT2D eigenvalue weighted by molar-refractivity contribution is 6.27. The number of hydrogen-bond acceptors (Lipinski definition) is 11. The summed E-state index contributed by atoms with van der Waals surface area (Å²) in [5.74, 6) is -1.83. The van der Waals surface area contributed by atoms with Gasteiger partial charge in [-0.05, 0) is 16.7 Å². The summed E-state index contributed by atoms with van der Waals surface area (Å²) in [4.78, 5) is 38.0. The lowest BCUT2D eigenvalue weighted by Crippen LogP contribution is -2.71. The Labute approximate surface area is 319 Å². The van der Waals surface area contributed by atoms with Gasteiger partial charge in [0.2, 0.25) is 17.7 Å². The zero-order valence-corrected chi connectivity index (χ0v) is 30.9. The lowest BCUT2D eigenvalue weighted by molar-refractivity contribution is -0.324. The van der Waals surface area contributed by atoms with Gasteiger partial charge in [0.1, 0.15) is 54.6 Å². The number of aliphatic hydroxyl groups is 2. The quantitative estimate of drug-likeness (QED) is 0.127. The van der Waals surface area contributed by atoms with E-state index in [0.29, 0.717) is 0 Å². The van der Waals surface area contributed by atoms with Crippen molar-refractivity contribution in [1.29, 1.82) is 0 Å². The van der Waals surface area contributed by atoms with E-state index in [1.165, 1.54) is 13.8 Å². The van der Waals surface area contributed by atoms with Gasteiger partial charge >= 0.3 is 0 Å². The molecule has 0 saturated carbocycles. The first-order valence-electron chi connectivity index (χ1n) is 17.7. The van der Waals surface area contributed by atoms with Crippen LogP contribution in [0.25, 0.3) is 0 Å². The highest BCUT2D eigenvalue weighted by Crippen LogP contribution is 2.32. The second-order valence-corrected chi connectivity index (χ2v) is 13.4. The molecule has 0 aromatic heterocycles. The number of rotatable bonds is 17.